The molecule has 0 aliphatic carbocycles. The van der Waals surface area contributed by atoms with Crippen LogP contribution in [0.1, 0.15) is 23.6 Å². The van der Waals surface area contributed by atoms with Gasteiger partial charge in [-0.05, 0) is 18.1 Å². The average molecular weight is 383 g/mol. The lowest BCUT2D eigenvalue weighted by Gasteiger charge is -2.25. The predicted octanol–water partition coefficient (Wildman–Crippen LogP) is 3.08. The Balaban J connectivity index is 0.00000147. The smallest absolute Gasteiger partial charge is 0.192 e. The molecule has 0 bridgehead atoms. The van der Waals surface area contributed by atoms with E-state index in [1.54, 1.807) is 12.5 Å². The van der Waals surface area contributed by atoms with Gasteiger partial charge in [-0.2, -0.15) is 0 Å². The van der Waals surface area contributed by atoms with E-state index < -0.39 is 0 Å². The zero-order valence-corrected chi connectivity index (χ0v) is 13.4. The molecule has 0 amide bonds. The first kappa shape index (κ1) is 14.9. The van der Waals surface area contributed by atoms with E-state index in [0.29, 0.717) is 6.04 Å². The van der Waals surface area contributed by atoms with Crippen LogP contribution < -0.4 is 10.6 Å². The Morgan fingerprint density at radius 1 is 1.25 bits per heavy atom. The molecule has 1 aromatic heterocycles. The third-order valence-electron chi connectivity index (χ3n) is 3.24. The van der Waals surface area contributed by atoms with Crippen molar-refractivity contribution in [3.63, 3.8) is 0 Å². The first-order chi connectivity index (χ1) is 9.42. The normalized spacial score (nSPS) is 17.6. The second-order valence-corrected chi connectivity index (χ2v) is 4.61. The molecule has 20 heavy (non-hydrogen) atoms. The summed E-state index contributed by atoms with van der Waals surface area (Å²) in [4.78, 5) is 4.47. The second kappa shape index (κ2) is 7.33. The maximum Gasteiger partial charge on any atom is 0.192 e. The Morgan fingerprint density at radius 2 is 2.10 bits per heavy atom. The third-order valence-corrected chi connectivity index (χ3v) is 3.24. The summed E-state index contributed by atoms with van der Waals surface area (Å²) < 4.78 is 5.04. The highest BCUT2D eigenvalue weighted by Crippen LogP contribution is 2.18. The van der Waals surface area contributed by atoms with Gasteiger partial charge >= 0.3 is 0 Å². The SMILES string of the molecule is I.c1ccc(C2CCN=C(NCc3ccoc3)N2)cc1. The zero-order chi connectivity index (χ0) is 12.9. The Morgan fingerprint density at radius 3 is 2.85 bits per heavy atom. The highest BCUT2D eigenvalue weighted by atomic mass is 127. The Kier molecular flexibility index (Phi) is 5.46. The minimum atomic E-state index is 0. The van der Waals surface area contributed by atoms with E-state index in [1.165, 1.54) is 5.56 Å². The van der Waals surface area contributed by atoms with Gasteiger partial charge in [-0.3, -0.25) is 4.99 Å². The Hall–Kier alpha value is -1.50. The van der Waals surface area contributed by atoms with E-state index in [9.17, 15) is 0 Å². The van der Waals surface area contributed by atoms with Gasteiger partial charge in [0.2, 0.25) is 0 Å². The topological polar surface area (TPSA) is 49.6 Å². The van der Waals surface area contributed by atoms with Crippen LogP contribution in [0.3, 0.4) is 0 Å². The van der Waals surface area contributed by atoms with Crippen LogP contribution >= 0.6 is 24.0 Å². The molecule has 3 rings (SSSR count). The highest BCUT2D eigenvalue weighted by Gasteiger charge is 2.16. The van der Waals surface area contributed by atoms with Gasteiger partial charge < -0.3 is 15.1 Å². The minimum Gasteiger partial charge on any atom is -0.472 e. The van der Waals surface area contributed by atoms with Crippen molar-refractivity contribution in [2.45, 2.75) is 19.0 Å². The number of benzene rings is 1. The van der Waals surface area contributed by atoms with Gasteiger partial charge in [0.05, 0.1) is 18.6 Å². The first-order valence-corrected chi connectivity index (χ1v) is 6.53. The van der Waals surface area contributed by atoms with Gasteiger partial charge in [-0.25, -0.2) is 0 Å². The van der Waals surface area contributed by atoms with Crippen molar-refractivity contribution in [2.24, 2.45) is 4.99 Å². The number of hydrogen-bond acceptors (Lipinski definition) is 4. The molecule has 1 atom stereocenters. The van der Waals surface area contributed by atoms with Crippen LogP contribution in [0.25, 0.3) is 0 Å². The fourth-order valence-corrected chi connectivity index (χ4v) is 2.21. The van der Waals surface area contributed by atoms with Gasteiger partial charge in [0.1, 0.15) is 0 Å². The molecule has 5 heteroatoms. The molecule has 1 aliphatic rings. The molecule has 0 fully saturated rings. The monoisotopic (exact) mass is 383 g/mol. The molecular formula is C15H18IN3O. The average Bonchev–Trinajstić information content (AvgIpc) is 3.00. The van der Waals surface area contributed by atoms with Crippen LogP contribution in [0.5, 0.6) is 0 Å². The Labute approximate surface area is 135 Å². The minimum absolute atomic E-state index is 0. The van der Waals surface area contributed by atoms with Crippen LogP contribution in [-0.4, -0.2) is 12.5 Å². The molecule has 0 saturated carbocycles. The molecule has 106 valence electrons. The van der Waals surface area contributed by atoms with Gasteiger partial charge in [0.25, 0.3) is 0 Å². The first-order valence-electron chi connectivity index (χ1n) is 6.53. The van der Waals surface area contributed by atoms with Gasteiger partial charge in [-0.1, -0.05) is 30.3 Å². The maximum absolute atomic E-state index is 5.04. The van der Waals surface area contributed by atoms with Crippen molar-refractivity contribution in [1.82, 2.24) is 10.6 Å². The fraction of sp³-hybridized carbons (Fsp3) is 0.267. The van der Waals surface area contributed by atoms with Crippen LogP contribution in [0, 0.1) is 0 Å². The van der Waals surface area contributed by atoms with Gasteiger partial charge in [0, 0.05) is 18.7 Å². The molecule has 4 nitrogen and oxygen atoms in total. The van der Waals surface area contributed by atoms with Crippen molar-refractivity contribution in [3.8, 4) is 0 Å². The van der Waals surface area contributed by atoms with Crippen LogP contribution in [0.15, 0.2) is 58.3 Å². The number of nitrogens with one attached hydrogen (secondary N) is 2. The van der Waals surface area contributed by atoms with E-state index in [-0.39, 0.29) is 24.0 Å². The molecule has 0 spiro atoms. The van der Waals surface area contributed by atoms with Crippen molar-refractivity contribution >= 4 is 29.9 Å². The number of guanidine groups is 1. The summed E-state index contributed by atoms with van der Waals surface area (Å²) in [6.45, 7) is 1.57. The number of rotatable bonds is 3. The summed E-state index contributed by atoms with van der Waals surface area (Å²) in [5.41, 5.74) is 2.42. The van der Waals surface area contributed by atoms with E-state index in [4.69, 9.17) is 4.42 Å². The number of nitrogens with zero attached hydrogens (tertiary/aromatic N) is 1. The highest BCUT2D eigenvalue weighted by molar-refractivity contribution is 14.0. The summed E-state index contributed by atoms with van der Waals surface area (Å²) in [7, 11) is 0. The van der Waals surface area contributed by atoms with E-state index in [2.05, 4.69) is 39.9 Å². The molecule has 1 unspecified atom stereocenters. The van der Waals surface area contributed by atoms with Crippen molar-refractivity contribution < 1.29 is 4.42 Å². The number of furan rings is 1. The molecular weight excluding hydrogens is 365 g/mol. The van der Waals surface area contributed by atoms with Crippen LogP contribution in [-0.2, 0) is 6.54 Å². The molecule has 2 N–H and O–H groups in total. The molecule has 2 heterocycles. The largest absolute Gasteiger partial charge is 0.472 e. The van der Waals surface area contributed by atoms with Crippen molar-refractivity contribution in [1.29, 1.82) is 0 Å². The lowest BCUT2D eigenvalue weighted by atomic mass is 10.0. The summed E-state index contributed by atoms with van der Waals surface area (Å²) >= 11 is 0. The van der Waals surface area contributed by atoms with Crippen LogP contribution in [0.4, 0.5) is 0 Å². The lowest BCUT2D eigenvalue weighted by Crippen LogP contribution is -2.42. The third kappa shape index (κ3) is 3.75. The lowest BCUT2D eigenvalue weighted by molar-refractivity contribution is 0.551. The van der Waals surface area contributed by atoms with Crippen molar-refractivity contribution in [2.75, 3.05) is 6.54 Å². The van der Waals surface area contributed by atoms with E-state index in [0.717, 1.165) is 31.0 Å². The van der Waals surface area contributed by atoms with E-state index >= 15 is 0 Å². The predicted molar refractivity (Wildman–Crippen MR) is 90.2 cm³/mol. The summed E-state index contributed by atoms with van der Waals surface area (Å²) in [6, 6.07) is 12.8. The van der Waals surface area contributed by atoms with E-state index in [1.807, 2.05) is 12.1 Å². The second-order valence-electron chi connectivity index (χ2n) is 4.61. The molecule has 0 radical (unpaired) electrons. The quantitative estimate of drug-likeness (QED) is 0.802. The number of hydrogen-bond donors (Lipinski definition) is 2. The molecule has 1 aliphatic heterocycles. The molecule has 1 aromatic carbocycles. The number of aliphatic imine (C=N–C) groups is 1. The fourth-order valence-electron chi connectivity index (χ4n) is 2.21. The Bertz CT molecular complexity index is 540. The van der Waals surface area contributed by atoms with Gasteiger partial charge in [0.15, 0.2) is 5.96 Å². The van der Waals surface area contributed by atoms with Crippen molar-refractivity contribution in [3.05, 3.63) is 60.1 Å². The summed E-state index contributed by atoms with van der Waals surface area (Å²) in [6.07, 6.45) is 4.45. The summed E-state index contributed by atoms with van der Waals surface area (Å²) in [5, 5.41) is 6.74. The molecule has 2 aromatic rings. The zero-order valence-electron chi connectivity index (χ0n) is 11.1. The standard InChI is InChI=1S/C15H17N3O.HI/c1-2-4-13(5-3-1)14-6-8-16-15(18-14)17-10-12-7-9-19-11-12;/h1-5,7,9,11,14H,6,8,10H2,(H2,16,17,18);1H. The summed E-state index contributed by atoms with van der Waals surface area (Å²) in [5.74, 6) is 0.862. The van der Waals surface area contributed by atoms with Gasteiger partial charge in [-0.15, -0.1) is 24.0 Å². The van der Waals surface area contributed by atoms with Crippen LogP contribution in [0.2, 0.25) is 0 Å². The maximum atomic E-state index is 5.04. The number of halogens is 1. The molecule has 0 saturated heterocycles.